The Morgan fingerprint density at radius 1 is 1.33 bits per heavy atom. The Morgan fingerprint density at radius 3 is 2.92 bits per heavy atom. The van der Waals surface area contributed by atoms with E-state index in [4.69, 9.17) is 27.9 Å². The maximum Gasteiger partial charge on any atom is 0.321 e. The number of hydrogen-bond acceptors (Lipinski definition) is 3. The standard InChI is InChI=1S/C16H14BrCl2N3O2/c17-12-2-1-6-20-15(12)24-11-5-7-22(9-11)16(23)21-10-3-4-13(18)14(19)8-10/h1-4,6,8,11H,5,7,9H2,(H,21,23). The van der Waals surface area contributed by atoms with Crippen LogP contribution in [0.15, 0.2) is 41.0 Å². The molecule has 2 heterocycles. The molecule has 3 rings (SSSR count). The molecule has 0 radical (unpaired) electrons. The van der Waals surface area contributed by atoms with Gasteiger partial charge in [0.2, 0.25) is 5.88 Å². The highest BCUT2D eigenvalue weighted by molar-refractivity contribution is 9.10. The van der Waals surface area contributed by atoms with E-state index in [1.54, 1.807) is 29.3 Å². The van der Waals surface area contributed by atoms with Crippen LogP contribution >= 0.6 is 39.1 Å². The summed E-state index contributed by atoms with van der Waals surface area (Å²) in [6.07, 6.45) is 2.33. The monoisotopic (exact) mass is 429 g/mol. The summed E-state index contributed by atoms with van der Waals surface area (Å²) in [4.78, 5) is 18.2. The lowest BCUT2D eigenvalue weighted by molar-refractivity contribution is 0.189. The number of anilines is 1. The number of carbonyl (C=O) groups excluding carboxylic acids is 1. The van der Waals surface area contributed by atoms with E-state index in [2.05, 4.69) is 26.2 Å². The number of rotatable bonds is 3. The molecule has 0 bridgehead atoms. The van der Waals surface area contributed by atoms with E-state index in [9.17, 15) is 4.79 Å². The summed E-state index contributed by atoms with van der Waals surface area (Å²) in [7, 11) is 0. The third-order valence-electron chi connectivity index (χ3n) is 3.61. The average molecular weight is 431 g/mol. The lowest BCUT2D eigenvalue weighted by Gasteiger charge is -2.18. The van der Waals surface area contributed by atoms with Gasteiger partial charge in [0.25, 0.3) is 0 Å². The van der Waals surface area contributed by atoms with E-state index in [1.165, 1.54) is 0 Å². The summed E-state index contributed by atoms with van der Waals surface area (Å²) >= 11 is 15.2. The van der Waals surface area contributed by atoms with Crippen LogP contribution in [0, 0.1) is 0 Å². The predicted octanol–water partition coefficient (Wildman–Crippen LogP) is 4.84. The van der Waals surface area contributed by atoms with Gasteiger partial charge in [-0.15, -0.1) is 0 Å². The van der Waals surface area contributed by atoms with Gasteiger partial charge in [-0.2, -0.15) is 0 Å². The molecule has 1 saturated heterocycles. The average Bonchev–Trinajstić information content (AvgIpc) is 3.02. The van der Waals surface area contributed by atoms with Crippen LogP contribution in [-0.2, 0) is 0 Å². The van der Waals surface area contributed by atoms with Gasteiger partial charge in [0.1, 0.15) is 6.10 Å². The number of halogens is 3. The van der Waals surface area contributed by atoms with Crippen molar-refractivity contribution in [2.45, 2.75) is 12.5 Å². The minimum absolute atomic E-state index is 0.0873. The molecule has 1 fully saturated rings. The van der Waals surface area contributed by atoms with Crippen LogP contribution in [0.5, 0.6) is 5.88 Å². The number of nitrogens with zero attached hydrogens (tertiary/aromatic N) is 2. The Morgan fingerprint density at radius 2 is 2.17 bits per heavy atom. The molecule has 2 amide bonds. The molecular formula is C16H14BrCl2N3O2. The molecule has 1 aliphatic rings. The highest BCUT2D eigenvalue weighted by atomic mass is 79.9. The van der Waals surface area contributed by atoms with Crippen molar-refractivity contribution < 1.29 is 9.53 Å². The second-order valence-electron chi connectivity index (χ2n) is 5.32. The Balaban J connectivity index is 1.57. The molecule has 2 aromatic rings. The van der Waals surface area contributed by atoms with Gasteiger partial charge in [-0.3, -0.25) is 0 Å². The molecule has 1 atom stereocenters. The number of pyridine rings is 1. The molecule has 0 aliphatic carbocycles. The first-order chi connectivity index (χ1) is 11.5. The van der Waals surface area contributed by atoms with Crippen LogP contribution in [0.4, 0.5) is 10.5 Å². The summed E-state index contributed by atoms with van der Waals surface area (Å²) < 4.78 is 6.65. The maximum atomic E-state index is 12.3. The van der Waals surface area contributed by atoms with Crippen molar-refractivity contribution >= 4 is 50.9 Å². The number of amides is 2. The quantitative estimate of drug-likeness (QED) is 0.758. The van der Waals surface area contributed by atoms with Crippen molar-refractivity contribution in [3.63, 3.8) is 0 Å². The van der Waals surface area contributed by atoms with Crippen LogP contribution in [0.3, 0.4) is 0 Å². The summed E-state index contributed by atoms with van der Waals surface area (Å²) in [5.74, 6) is 0.536. The third-order valence-corrected chi connectivity index (χ3v) is 4.95. The number of aromatic nitrogens is 1. The van der Waals surface area contributed by atoms with Crippen molar-refractivity contribution in [3.05, 3.63) is 51.0 Å². The number of carbonyl (C=O) groups is 1. The zero-order valence-electron chi connectivity index (χ0n) is 12.5. The van der Waals surface area contributed by atoms with Gasteiger partial charge in [-0.05, 0) is 46.3 Å². The fourth-order valence-corrected chi connectivity index (χ4v) is 3.05. The summed E-state index contributed by atoms with van der Waals surface area (Å²) in [6.45, 7) is 1.11. The number of nitrogens with one attached hydrogen (secondary N) is 1. The van der Waals surface area contributed by atoms with Gasteiger partial charge >= 0.3 is 6.03 Å². The largest absolute Gasteiger partial charge is 0.472 e. The van der Waals surface area contributed by atoms with E-state index in [0.29, 0.717) is 34.7 Å². The molecule has 1 aliphatic heterocycles. The van der Waals surface area contributed by atoms with Crippen molar-refractivity contribution in [2.75, 3.05) is 18.4 Å². The van der Waals surface area contributed by atoms with Gasteiger partial charge < -0.3 is 15.0 Å². The Hall–Kier alpha value is -1.50. The zero-order valence-corrected chi connectivity index (χ0v) is 15.6. The minimum atomic E-state index is -0.195. The molecule has 1 N–H and O–H groups in total. The Kier molecular flexibility index (Phi) is 5.48. The molecule has 24 heavy (non-hydrogen) atoms. The lowest BCUT2D eigenvalue weighted by Crippen LogP contribution is -2.34. The molecule has 1 unspecified atom stereocenters. The zero-order chi connectivity index (χ0) is 17.1. The molecule has 8 heteroatoms. The predicted molar refractivity (Wildman–Crippen MR) is 98.0 cm³/mol. The lowest BCUT2D eigenvalue weighted by atomic mass is 10.3. The molecule has 5 nitrogen and oxygen atoms in total. The smallest absolute Gasteiger partial charge is 0.321 e. The first-order valence-corrected chi connectivity index (χ1v) is 8.86. The van der Waals surface area contributed by atoms with E-state index >= 15 is 0 Å². The fraction of sp³-hybridized carbons (Fsp3) is 0.250. The van der Waals surface area contributed by atoms with Gasteiger partial charge in [-0.1, -0.05) is 23.2 Å². The van der Waals surface area contributed by atoms with Crippen LogP contribution in [0.1, 0.15) is 6.42 Å². The third kappa shape index (κ3) is 4.12. The number of hydrogen-bond donors (Lipinski definition) is 1. The van der Waals surface area contributed by atoms with Crippen LogP contribution in [-0.4, -0.2) is 35.1 Å². The molecular weight excluding hydrogens is 417 g/mol. The van der Waals surface area contributed by atoms with Crippen molar-refractivity contribution in [1.29, 1.82) is 0 Å². The van der Waals surface area contributed by atoms with E-state index in [1.807, 2.05) is 12.1 Å². The van der Waals surface area contributed by atoms with Gasteiger partial charge in [0.05, 0.1) is 21.1 Å². The Labute approximate surface area is 158 Å². The SMILES string of the molecule is O=C(Nc1ccc(Cl)c(Cl)c1)N1CCC(Oc2ncccc2Br)C1. The van der Waals surface area contributed by atoms with Crippen molar-refractivity contribution in [3.8, 4) is 5.88 Å². The molecule has 1 aromatic heterocycles. The molecule has 1 aromatic carbocycles. The van der Waals surface area contributed by atoms with E-state index < -0.39 is 0 Å². The number of likely N-dealkylation sites (tertiary alicyclic amines) is 1. The summed E-state index contributed by atoms with van der Waals surface area (Å²) in [6, 6.07) is 8.47. The van der Waals surface area contributed by atoms with Gasteiger partial charge in [0.15, 0.2) is 0 Å². The molecule has 0 spiro atoms. The second-order valence-corrected chi connectivity index (χ2v) is 6.99. The van der Waals surface area contributed by atoms with Crippen LogP contribution in [0.25, 0.3) is 0 Å². The highest BCUT2D eigenvalue weighted by Crippen LogP contribution is 2.26. The summed E-state index contributed by atoms with van der Waals surface area (Å²) in [5, 5.41) is 3.66. The second kappa shape index (κ2) is 7.59. The van der Waals surface area contributed by atoms with Gasteiger partial charge in [-0.25, -0.2) is 9.78 Å². The fourth-order valence-electron chi connectivity index (χ4n) is 2.40. The number of benzene rings is 1. The number of ether oxygens (including phenoxy) is 1. The van der Waals surface area contributed by atoms with Crippen molar-refractivity contribution in [1.82, 2.24) is 9.88 Å². The van der Waals surface area contributed by atoms with E-state index in [-0.39, 0.29) is 12.1 Å². The Bertz CT molecular complexity index is 760. The first kappa shape index (κ1) is 17.3. The normalized spacial score (nSPS) is 17.0. The highest BCUT2D eigenvalue weighted by Gasteiger charge is 2.28. The first-order valence-electron chi connectivity index (χ1n) is 7.31. The summed E-state index contributed by atoms with van der Waals surface area (Å²) in [5.41, 5.74) is 0.603. The van der Waals surface area contributed by atoms with Crippen molar-refractivity contribution in [2.24, 2.45) is 0 Å². The molecule has 0 saturated carbocycles. The van der Waals surface area contributed by atoms with Crippen LogP contribution in [0.2, 0.25) is 10.0 Å². The minimum Gasteiger partial charge on any atom is -0.472 e. The number of urea groups is 1. The van der Waals surface area contributed by atoms with E-state index in [0.717, 1.165) is 10.9 Å². The maximum absolute atomic E-state index is 12.3. The molecule has 126 valence electrons. The van der Waals surface area contributed by atoms with Gasteiger partial charge in [0, 0.05) is 24.8 Å². The van der Waals surface area contributed by atoms with Crippen LogP contribution < -0.4 is 10.1 Å². The topological polar surface area (TPSA) is 54.5 Å².